The van der Waals surface area contributed by atoms with Crippen LogP contribution >= 0.6 is 22.9 Å². The van der Waals surface area contributed by atoms with E-state index in [1.165, 1.54) is 0 Å². The van der Waals surface area contributed by atoms with Crippen molar-refractivity contribution in [3.63, 3.8) is 0 Å². The molecule has 0 saturated carbocycles. The molecule has 1 fully saturated rings. The van der Waals surface area contributed by atoms with Crippen LogP contribution in [0.5, 0.6) is 0 Å². The highest BCUT2D eigenvalue weighted by Crippen LogP contribution is 2.36. The molecule has 0 amide bonds. The molecule has 1 aliphatic rings. The van der Waals surface area contributed by atoms with E-state index >= 15 is 0 Å². The molecule has 1 saturated heterocycles. The Kier molecular flexibility index (Phi) is 4.16. The quantitative estimate of drug-likeness (QED) is 0.750. The van der Waals surface area contributed by atoms with E-state index in [0.717, 1.165) is 58.2 Å². The molecule has 118 valence electrons. The van der Waals surface area contributed by atoms with Gasteiger partial charge in [0, 0.05) is 29.1 Å². The second kappa shape index (κ2) is 6.43. The predicted molar refractivity (Wildman–Crippen MR) is 95.3 cm³/mol. The molecule has 23 heavy (non-hydrogen) atoms. The fourth-order valence-electron chi connectivity index (χ4n) is 2.87. The number of nitrogens with zero attached hydrogens (tertiary/aromatic N) is 2. The third-order valence-corrected chi connectivity index (χ3v) is 5.18. The molecule has 0 radical (unpaired) electrons. The van der Waals surface area contributed by atoms with Gasteiger partial charge in [-0.05, 0) is 30.5 Å². The number of aromatic nitrogens is 2. The molecule has 1 aromatic carbocycles. The normalized spacial score (nSPS) is 17.7. The predicted octanol–water partition coefficient (Wildman–Crippen LogP) is 4.60. The van der Waals surface area contributed by atoms with E-state index < -0.39 is 0 Å². The van der Waals surface area contributed by atoms with Crippen molar-refractivity contribution < 1.29 is 4.74 Å². The molecular weight excluding hydrogens is 330 g/mol. The minimum absolute atomic E-state index is 0.276. The molecule has 0 spiro atoms. The monoisotopic (exact) mass is 345 g/mol. The molecule has 0 aliphatic carbocycles. The molecule has 2 aromatic heterocycles. The fraction of sp³-hybridized carbons (Fsp3) is 0.294. The maximum atomic E-state index is 6.00. The average Bonchev–Trinajstić information content (AvgIpc) is 3.23. The highest BCUT2D eigenvalue weighted by Gasteiger charge is 2.17. The van der Waals surface area contributed by atoms with Crippen LogP contribution in [0, 0.1) is 0 Å². The number of thiophene rings is 1. The van der Waals surface area contributed by atoms with Gasteiger partial charge in [-0.1, -0.05) is 23.7 Å². The molecule has 4 rings (SSSR count). The summed E-state index contributed by atoms with van der Waals surface area (Å²) in [6.07, 6.45) is 4.13. The van der Waals surface area contributed by atoms with Crippen molar-refractivity contribution in [2.45, 2.75) is 18.9 Å². The third-order valence-electron chi connectivity index (χ3n) is 4.05. The SMILES string of the molecule is Clc1ccc(-c2csc3ncnc(NC[C@H]4CCCO4)c23)cc1. The zero-order valence-electron chi connectivity index (χ0n) is 12.5. The molecule has 3 aromatic rings. The van der Waals surface area contributed by atoms with Crippen molar-refractivity contribution in [3.05, 3.63) is 41.0 Å². The summed E-state index contributed by atoms with van der Waals surface area (Å²) < 4.78 is 5.68. The van der Waals surface area contributed by atoms with Crippen molar-refractivity contribution in [1.29, 1.82) is 0 Å². The highest BCUT2D eigenvalue weighted by atomic mass is 35.5. The number of halogens is 1. The molecule has 0 bridgehead atoms. The van der Waals surface area contributed by atoms with Crippen LogP contribution in [0.1, 0.15) is 12.8 Å². The minimum Gasteiger partial charge on any atom is -0.376 e. The van der Waals surface area contributed by atoms with Gasteiger partial charge in [0.2, 0.25) is 0 Å². The van der Waals surface area contributed by atoms with Gasteiger partial charge in [-0.2, -0.15) is 0 Å². The maximum Gasteiger partial charge on any atom is 0.138 e. The van der Waals surface area contributed by atoms with Gasteiger partial charge < -0.3 is 10.1 Å². The van der Waals surface area contributed by atoms with Crippen LogP contribution in [-0.2, 0) is 4.74 Å². The molecule has 3 heterocycles. The maximum absolute atomic E-state index is 6.00. The summed E-state index contributed by atoms with van der Waals surface area (Å²) in [7, 11) is 0. The van der Waals surface area contributed by atoms with Crippen LogP contribution in [0.15, 0.2) is 36.0 Å². The van der Waals surface area contributed by atoms with Gasteiger partial charge in [-0.15, -0.1) is 11.3 Å². The number of anilines is 1. The van der Waals surface area contributed by atoms with E-state index in [-0.39, 0.29) is 6.10 Å². The first kappa shape index (κ1) is 14.9. The van der Waals surface area contributed by atoms with E-state index in [4.69, 9.17) is 16.3 Å². The van der Waals surface area contributed by atoms with Gasteiger partial charge >= 0.3 is 0 Å². The Hall–Kier alpha value is -1.69. The van der Waals surface area contributed by atoms with Crippen LogP contribution < -0.4 is 5.32 Å². The van der Waals surface area contributed by atoms with Crippen LogP contribution in [0.3, 0.4) is 0 Å². The fourth-order valence-corrected chi connectivity index (χ4v) is 3.91. The summed E-state index contributed by atoms with van der Waals surface area (Å²) in [5, 5.41) is 7.37. The zero-order valence-corrected chi connectivity index (χ0v) is 14.0. The van der Waals surface area contributed by atoms with Gasteiger partial charge in [-0.25, -0.2) is 9.97 Å². The van der Waals surface area contributed by atoms with Gasteiger partial charge in [0.15, 0.2) is 0 Å². The molecule has 1 atom stereocenters. The zero-order chi connectivity index (χ0) is 15.6. The minimum atomic E-state index is 0.276. The highest BCUT2D eigenvalue weighted by molar-refractivity contribution is 7.17. The Morgan fingerprint density at radius 1 is 1.26 bits per heavy atom. The van der Waals surface area contributed by atoms with E-state index in [1.807, 2.05) is 24.3 Å². The summed E-state index contributed by atoms with van der Waals surface area (Å²) in [5.41, 5.74) is 2.26. The number of benzene rings is 1. The average molecular weight is 346 g/mol. The Balaban J connectivity index is 1.69. The van der Waals surface area contributed by atoms with Crippen molar-refractivity contribution >= 4 is 39.0 Å². The molecule has 4 nitrogen and oxygen atoms in total. The smallest absolute Gasteiger partial charge is 0.138 e. The topological polar surface area (TPSA) is 47.0 Å². The van der Waals surface area contributed by atoms with Crippen LogP contribution in [0.4, 0.5) is 5.82 Å². The number of hydrogen-bond acceptors (Lipinski definition) is 5. The summed E-state index contributed by atoms with van der Waals surface area (Å²) in [6, 6.07) is 7.87. The second-order valence-electron chi connectivity index (χ2n) is 5.57. The largest absolute Gasteiger partial charge is 0.376 e. The number of nitrogens with one attached hydrogen (secondary N) is 1. The lowest BCUT2D eigenvalue weighted by molar-refractivity contribution is 0.120. The van der Waals surface area contributed by atoms with Crippen molar-refractivity contribution in [2.75, 3.05) is 18.5 Å². The van der Waals surface area contributed by atoms with E-state index in [9.17, 15) is 0 Å². The molecule has 1 N–H and O–H groups in total. The number of ether oxygens (including phenoxy) is 1. The molecular formula is C17H16ClN3OS. The second-order valence-corrected chi connectivity index (χ2v) is 6.87. The van der Waals surface area contributed by atoms with Crippen molar-refractivity contribution in [1.82, 2.24) is 9.97 Å². The molecule has 1 aliphatic heterocycles. The van der Waals surface area contributed by atoms with E-state index in [0.29, 0.717) is 0 Å². The first-order valence-electron chi connectivity index (χ1n) is 7.65. The summed E-state index contributed by atoms with van der Waals surface area (Å²) in [5.74, 6) is 0.872. The van der Waals surface area contributed by atoms with Crippen LogP contribution in [0.25, 0.3) is 21.3 Å². The summed E-state index contributed by atoms with van der Waals surface area (Å²) >= 11 is 7.63. The molecule has 0 unspecified atom stereocenters. The summed E-state index contributed by atoms with van der Waals surface area (Å²) in [4.78, 5) is 9.83. The number of rotatable bonds is 4. The Morgan fingerprint density at radius 3 is 2.91 bits per heavy atom. The van der Waals surface area contributed by atoms with Gasteiger partial charge in [-0.3, -0.25) is 0 Å². The first-order chi connectivity index (χ1) is 11.3. The number of fused-ring (bicyclic) bond motifs is 1. The summed E-state index contributed by atoms with van der Waals surface area (Å²) in [6.45, 7) is 1.64. The number of hydrogen-bond donors (Lipinski definition) is 1. The van der Waals surface area contributed by atoms with Crippen LogP contribution in [0.2, 0.25) is 5.02 Å². The standard InChI is InChI=1S/C17H16ClN3OS/c18-12-5-3-11(4-6-12)14-9-23-17-15(14)16(20-10-21-17)19-8-13-2-1-7-22-13/h3-6,9-10,13H,1-2,7-8H2,(H,19,20,21)/t13-/m1/s1. The molecule has 6 heteroatoms. The van der Waals surface area contributed by atoms with Gasteiger partial charge in [0.05, 0.1) is 11.5 Å². The van der Waals surface area contributed by atoms with Crippen molar-refractivity contribution in [2.24, 2.45) is 0 Å². The Morgan fingerprint density at radius 2 is 2.13 bits per heavy atom. The first-order valence-corrected chi connectivity index (χ1v) is 8.90. The Bertz CT molecular complexity index is 812. The third kappa shape index (κ3) is 3.04. The lowest BCUT2D eigenvalue weighted by Crippen LogP contribution is -2.19. The van der Waals surface area contributed by atoms with Crippen LogP contribution in [-0.4, -0.2) is 29.2 Å². The lowest BCUT2D eigenvalue weighted by Gasteiger charge is -2.12. The van der Waals surface area contributed by atoms with Crippen molar-refractivity contribution in [3.8, 4) is 11.1 Å². The van der Waals surface area contributed by atoms with E-state index in [2.05, 4.69) is 20.7 Å². The lowest BCUT2D eigenvalue weighted by atomic mass is 10.1. The van der Waals surface area contributed by atoms with E-state index in [1.54, 1.807) is 17.7 Å². The Labute approximate surface area is 143 Å². The van der Waals surface area contributed by atoms with Gasteiger partial charge in [0.25, 0.3) is 0 Å². The van der Waals surface area contributed by atoms with Gasteiger partial charge in [0.1, 0.15) is 17.0 Å².